The van der Waals surface area contributed by atoms with E-state index >= 15 is 0 Å². The molecule has 0 aliphatic rings. The maximum atomic E-state index is 12.1. The summed E-state index contributed by atoms with van der Waals surface area (Å²) >= 11 is 5.44. The van der Waals surface area contributed by atoms with Crippen LogP contribution in [0.5, 0.6) is 11.5 Å². The molecule has 0 aliphatic heterocycles. The first-order valence-electron chi connectivity index (χ1n) is 51.0. The standard InChI is InChI=1S/C56H32S.C54H32S.C26H20O4S.C4H8O/c1-2-14-34-32-52-51(29-33(34)13-1)55-53(35-25-27-45-41-19-5-3-15-37(41)39-17-7-9-21-43(39)49(45)30-35)47-23-11-12-24-48(47)54(56(55)57-52)36-26-28-46-42-20-6-4-16-38(42)40-18-8-10-22-44(40)50(46)31-36;1-3-13-35-27-40(23-21-33(35)11-1)51-44-19-9-10-20-45(44)52(41-24-22-34-12-2-4-14-36(34)28-41)48-31-42(25-26-46(48)51)53-43-18-8-7-17-39(43)30-49-47-29-37-15-5-6-16-38(37)32-50(47)55-54(49)53;1-13-17-9-5-6-10-18(17)14(2)25-21(13)22-23(29-15(3)27)19-11-7-8-12-20(19)24(26(22)31-25)30-16(4)28;1-2-3-4-5/h1-32H;1-32H;5-12H,1-4H3;4H,2-3H2,1H3/i;;;4T. The van der Waals surface area contributed by atoms with Crippen molar-refractivity contribution >= 4 is 285 Å². The molecule has 0 spiro atoms. The van der Waals surface area contributed by atoms with E-state index in [4.69, 9.17) is 10.8 Å². The molecule has 0 saturated carbocycles. The predicted octanol–water partition coefficient (Wildman–Crippen LogP) is 40.4. The molecule has 0 unspecified atom stereocenters. The fourth-order valence-corrected chi connectivity index (χ4v) is 27.8. The van der Waals surface area contributed by atoms with Gasteiger partial charge in [-0.2, -0.15) is 0 Å². The summed E-state index contributed by atoms with van der Waals surface area (Å²) in [6.07, 6.45) is 0.736. The van der Waals surface area contributed by atoms with Crippen LogP contribution in [-0.2, 0) is 14.4 Å². The number of carbonyl (C=O) groups is 3. The molecule has 5 nitrogen and oxygen atoms in total. The Hall–Kier alpha value is -17.6. The van der Waals surface area contributed by atoms with E-state index in [1.807, 2.05) is 66.0 Å². The second-order valence-electron chi connectivity index (χ2n) is 38.9. The third kappa shape index (κ3) is 14.7. The van der Waals surface area contributed by atoms with Gasteiger partial charge in [-0.1, -0.05) is 383 Å². The highest BCUT2D eigenvalue weighted by molar-refractivity contribution is 7.27. The van der Waals surface area contributed by atoms with Crippen molar-refractivity contribution in [1.82, 2.24) is 0 Å². The second-order valence-corrected chi connectivity index (χ2v) is 42.0. The Morgan fingerprint density at radius 3 is 1.01 bits per heavy atom. The van der Waals surface area contributed by atoms with Gasteiger partial charge in [0.05, 0.1) is 4.70 Å². The third-order valence-electron chi connectivity index (χ3n) is 30.4. The molecule has 148 heavy (non-hydrogen) atoms. The molecule has 3 aromatic heterocycles. The zero-order chi connectivity index (χ0) is 100. The first-order valence-corrected chi connectivity index (χ1v) is 53.0. The van der Waals surface area contributed by atoms with E-state index in [0.717, 1.165) is 53.9 Å². The first kappa shape index (κ1) is 88.1. The molecule has 30 rings (SSSR count). The maximum Gasteiger partial charge on any atom is 0.308 e. The number of hydrogen-bond acceptors (Lipinski definition) is 8. The van der Waals surface area contributed by atoms with E-state index < -0.39 is 6.26 Å². The Labute approximate surface area is 866 Å². The number of thiophene rings is 3. The number of ether oxygens (including phenoxy) is 2. The molecule has 0 N–H and O–H groups in total. The first-order chi connectivity index (χ1) is 73.2. The van der Waals surface area contributed by atoms with E-state index in [1.165, 1.54) is 266 Å². The van der Waals surface area contributed by atoms with E-state index in [1.54, 1.807) is 11.3 Å². The zero-order valence-corrected chi connectivity index (χ0v) is 84.2. The number of hydrogen-bond donors (Lipinski definition) is 0. The lowest BCUT2D eigenvalue weighted by Crippen LogP contribution is -2.05. The average Bonchev–Trinajstić information content (AvgIpc) is 0.888. The molecule has 27 aromatic carbocycles. The molecule has 8 heteroatoms. The number of aryl methyl sites for hydroxylation is 2. The molecular weight excluding hydrogens is 1860 g/mol. The minimum absolute atomic E-state index is 0.386. The lowest BCUT2D eigenvalue weighted by Gasteiger charge is -2.20. The van der Waals surface area contributed by atoms with Gasteiger partial charge in [0.15, 0.2) is 5.75 Å². The number of aldehydes is 1. The molecule has 0 radical (unpaired) electrons. The Kier molecular flexibility index (Phi) is 21.6. The summed E-state index contributed by atoms with van der Waals surface area (Å²) in [6, 6.07) is 161. The fourth-order valence-electron chi connectivity index (χ4n) is 23.8. The second kappa shape index (κ2) is 36.3. The lowest BCUT2D eigenvalue weighted by molar-refractivity contribution is -0.132. The van der Waals surface area contributed by atoms with Crippen LogP contribution in [0, 0.1) is 13.8 Å². The lowest BCUT2D eigenvalue weighted by atomic mass is 9.83. The summed E-state index contributed by atoms with van der Waals surface area (Å²) < 4.78 is 25.1. The Morgan fingerprint density at radius 1 is 0.230 bits per heavy atom. The van der Waals surface area contributed by atoms with Crippen LogP contribution in [0.4, 0.5) is 0 Å². The number of rotatable bonds is 9. The van der Waals surface area contributed by atoms with Crippen molar-refractivity contribution in [3.8, 4) is 67.1 Å². The number of benzene rings is 27. The van der Waals surface area contributed by atoms with Crippen LogP contribution in [0.1, 0.15) is 46.1 Å². The summed E-state index contributed by atoms with van der Waals surface area (Å²) in [7, 11) is 0. The zero-order valence-electron chi connectivity index (χ0n) is 82.7. The third-order valence-corrected chi connectivity index (χ3v) is 34.0. The molecular formula is C140H92O5S3. The van der Waals surface area contributed by atoms with Crippen LogP contribution in [0.2, 0.25) is 0 Å². The molecule has 0 aliphatic carbocycles. The highest BCUT2D eigenvalue weighted by Crippen LogP contribution is 2.57. The van der Waals surface area contributed by atoms with Crippen molar-refractivity contribution in [1.29, 1.82) is 0 Å². The topological polar surface area (TPSA) is 69.7 Å². The van der Waals surface area contributed by atoms with Gasteiger partial charge in [0.25, 0.3) is 0 Å². The normalized spacial score (nSPS) is 11.9. The van der Waals surface area contributed by atoms with Crippen molar-refractivity contribution < 1.29 is 25.2 Å². The van der Waals surface area contributed by atoms with Gasteiger partial charge in [0.2, 0.25) is 0 Å². The van der Waals surface area contributed by atoms with Crippen LogP contribution in [-0.4, -0.2) is 18.2 Å². The van der Waals surface area contributed by atoms with Gasteiger partial charge in [0.1, 0.15) is 13.4 Å². The minimum Gasteiger partial charge on any atom is -0.425 e. The smallest absolute Gasteiger partial charge is 0.308 e. The SMILES string of the molecule is CC(=O)Oc1c2ccccc2c(OC(C)=O)c2c1sc1c(C)c3ccccc3c(C)c12.[3H]C(=O)CCC.c1ccc2cc(-c3c4ccccc4c(-c4ccc5ccccc5c4)c4cc(-c5c6ccccc6cc6c5sc5cc7ccccc7cc56)ccc34)ccc2c1.c1ccc2cc3c(cc2c1)sc1c(-c2ccc4c5ccccc5c5ccccc5c4c2)c2ccccc2c(-c2ccc4c5ccccc5c5ccccc5c4c2)c13. The largest absolute Gasteiger partial charge is 0.425 e. The highest BCUT2D eigenvalue weighted by Gasteiger charge is 2.30. The summed E-state index contributed by atoms with van der Waals surface area (Å²) in [4.78, 5) is 33.8. The van der Waals surface area contributed by atoms with E-state index in [9.17, 15) is 14.4 Å². The van der Waals surface area contributed by atoms with Crippen LogP contribution in [0.3, 0.4) is 0 Å². The van der Waals surface area contributed by atoms with Crippen LogP contribution < -0.4 is 9.47 Å². The Balaban J connectivity index is 0.000000111. The minimum atomic E-state index is -0.461. The van der Waals surface area contributed by atoms with Crippen molar-refractivity contribution in [2.75, 3.05) is 0 Å². The van der Waals surface area contributed by atoms with Crippen molar-refractivity contribution in [2.24, 2.45) is 0 Å². The number of esters is 2. The summed E-state index contributed by atoms with van der Waals surface area (Å²) in [5, 5.41) is 46.8. The number of fused-ring (bicyclic) bond motifs is 31. The van der Waals surface area contributed by atoms with Crippen LogP contribution in [0.15, 0.2) is 437 Å². The van der Waals surface area contributed by atoms with Gasteiger partial charge < -0.3 is 14.3 Å². The van der Waals surface area contributed by atoms with E-state index in [2.05, 4.69) is 414 Å². The van der Waals surface area contributed by atoms with E-state index in [-0.39, 0.29) is 11.9 Å². The van der Waals surface area contributed by atoms with Gasteiger partial charge >= 0.3 is 11.9 Å². The molecule has 0 amide bonds. The molecule has 700 valence electrons. The van der Waals surface area contributed by atoms with Gasteiger partial charge in [-0.05, 0) is 298 Å². The van der Waals surface area contributed by atoms with Crippen LogP contribution in [0.25, 0.3) is 289 Å². The molecule has 3 heterocycles. The highest BCUT2D eigenvalue weighted by atomic mass is 32.1. The fraction of sp³-hybridized carbons (Fsp3) is 0.0500. The maximum absolute atomic E-state index is 12.1. The average molecular weight is 1950 g/mol. The Bertz CT molecular complexity index is 10900. The number of carbonyl (C=O) groups excluding carboxylic acids is 3. The van der Waals surface area contributed by atoms with Gasteiger partial charge in [-0.15, -0.1) is 34.0 Å². The van der Waals surface area contributed by atoms with Crippen LogP contribution >= 0.6 is 34.0 Å². The van der Waals surface area contributed by atoms with Crippen molar-refractivity contribution in [2.45, 2.75) is 47.5 Å². The van der Waals surface area contributed by atoms with E-state index in [0.29, 0.717) is 17.9 Å². The predicted molar refractivity (Wildman–Crippen MR) is 638 cm³/mol. The monoisotopic (exact) mass is 1950 g/mol. The molecule has 30 aromatic rings. The van der Waals surface area contributed by atoms with Crippen molar-refractivity contribution in [3.05, 3.63) is 448 Å². The summed E-state index contributed by atoms with van der Waals surface area (Å²) in [6.45, 7) is 8.89. The molecule has 0 bridgehead atoms. The van der Waals surface area contributed by atoms with Gasteiger partial charge in [-0.3, -0.25) is 9.59 Å². The van der Waals surface area contributed by atoms with Gasteiger partial charge in [-0.25, -0.2) is 0 Å². The molecule has 0 saturated heterocycles. The quantitative estimate of drug-likeness (QED) is 0.0473. The molecule has 0 atom stereocenters. The Morgan fingerprint density at radius 2 is 0.541 bits per heavy atom. The summed E-state index contributed by atoms with van der Waals surface area (Å²) in [5.74, 6) is 0.250. The van der Waals surface area contributed by atoms with Gasteiger partial charge in [0, 0.05) is 98.0 Å². The molecule has 0 fully saturated rings. The van der Waals surface area contributed by atoms with Crippen molar-refractivity contribution in [3.63, 3.8) is 0 Å². The summed E-state index contributed by atoms with van der Waals surface area (Å²) in [5.41, 5.74) is 15.0.